The number of hydrogen-bond donors (Lipinski definition) is 0. The lowest BCUT2D eigenvalue weighted by Crippen LogP contribution is -1.95. The predicted molar refractivity (Wildman–Crippen MR) is 54.7 cm³/mol. The van der Waals surface area contributed by atoms with Crippen LogP contribution in [0.2, 0.25) is 0 Å². The highest BCUT2D eigenvalue weighted by atomic mass is 16.1. The lowest BCUT2D eigenvalue weighted by molar-refractivity contribution is -0.114. The predicted octanol–water partition coefficient (Wildman–Crippen LogP) is 2.04. The zero-order valence-corrected chi connectivity index (χ0v) is 8.36. The SMILES string of the molecule is CCCn1cc(C2=CC(=O)CC2)cn1. The van der Waals surface area contributed by atoms with Gasteiger partial charge >= 0.3 is 0 Å². The fourth-order valence-electron chi connectivity index (χ4n) is 1.70. The Morgan fingerprint density at radius 3 is 3.00 bits per heavy atom. The van der Waals surface area contributed by atoms with Crippen LogP contribution in [0.5, 0.6) is 0 Å². The molecule has 0 saturated carbocycles. The van der Waals surface area contributed by atoms with Gasteiger partial charge in [0.1, 0.15) is 0 Å². The molecule has 0 spiro atoms. The van der Waals surface area contributed by atoms with E-state index in [1.165, 1.54) is 0 Å². The normalized spacial score (nSPS) is 16.1. The van der Waals surface area contributed by atoms with E-state index in [0.717, 1.165) is 30.5 Å². The summed E-state index contributed by atoms with van der Waals surface area (Å²) in [6, 6.07) is 0. The molecular formula is C11H14N2O. The van der Waals surface area contributed by atoms with Gasteiger partial charge in [-0.2, -0.15) is 5.10 Å². The van der Waals surface area contributed by atoms with Crippen LogP contribution in [0.15, 0.2) is 18.5 Å². The zero-order valence-electron chi connectivity index (χ0n) is 8.36. The van der Waals surface area contributed by atoms with Gasteiger partial charge in [-0.15, -0.1) is 0 Å². The summed E-state index contributed by atoms with van der Waals surface area (Å²) >= 11 is 0. The highest BCUT2D eigenvalue weighted by molar-refractivity contribution is 6.01. The van der Waals surface area contributed by atoms with Crippen molar-refractivity contribution >= 4 is 11.4 Å². The van der Waals surface area contributed by atoms with Gasteiger partial charge in [-0.05, 0) is 24.5 Å². The monoisotopic (exact) mass is 190 g/mol. The Bertz CT molecular complexity index is 376. The van der Waals surface area contributed by atoms with Crippen molar-refractivity contribution in [3.05, 3.63) is 24.0 Å². The first kappa shape index (κ1) is 9.19. The molecular weight excluding hydrogens is 176 g/mol. The first-order valence-corrected chi connectivity index (χ1v) is 5.06. The van der Waals surface area contributed by atoms with E-state index in [4.69, 9.17) is 0 Å². The van der Waals surface area contributed by atoms with Gasteiger partial charge < -0.3 is 0 Å². The molecule has 0 bridgehead atoms. The Kier molecular flexibility index (Phi) is 2.48. The van der Waals surface area contributed by atoms with Gasteiger partial charge in [-0.1, -0.05) is 6.92 Å². The van der Waals surface area contributed by atoms with Crippen LogP contribution in [0.1, 0.15) is 31.7 Å². The Morgan fingerprint density at radius 1 is 1.50 bits per heavy atom. The van der Waals surface area contributed by atoms with Crippen molar-refractivity contribution in [1.29, 1.82) is 0 Å². The number of nitrogens with zero attached hydrogens (tertiary/aromatic N) is 2. The highest BCUT2D eigenvalue weighted by Gasteiger charge is 2.14. The lowest BCUT2D eigenvalue weighted by Gasteiger charge is -1.96. The van der Waals surface area contributed by atoms with Gasteiger partial charge in [0.05, 0.1) is 6.20 Å². The van der Waals surface area contributed by atoms with Crippen LogP contribution in [-0.4, -0.2) is 15.6 Å². The molecule has 0 aliphatic heterocycles. The third-order valence-electron chi connectivity index (χ3n) is 2.43. The second-order valence-corrected chi connectivity index (χ2v) is 3.63. The summed E-state index contributed by atoms with van der Waals surface area (Å²) in [6.07, 6.45) is 8.23. The Labute approximate surface area is 83.4 Å². The van der Waals surface area contributed by atoms with E-state index in [2.05, 4.69) is 12.0 Å². The summed E-state index contributed by atoms with van der Waals surface area (Å²) in [5.41, 5.74) is 2.24. The molecule has 0 aromatic carbocycles. The average Bonchev–Trinajstić information content (AvgIpc) is 2.74. The van der Waals surface area contributed by atoms with E-state index < -0.39 is 0 Å². The van der Waals surface area contributed by atoms with Crippen LogP contribution in [0.4, 0.5) is 0 Å². The van der Waals surface area contributed by atoms with E-state index in [1.54, 1.807) is 6.08 Å². The average molecular weight is 190 g/mol. The van der Waals surface area contributed by atoms with Crippen LogP contribution < -0.4 is 0 Å². The number of allylic oxidation sites excluding steroid dienone is 2. The van der Waals surface area contributed by atoms with E-state index in [9.17, 15) is 4.79 Å². The van der Waals surface area contributed by atoms with Crippen LogP contribution in [0.25, 0.3) is 5.57 Å². The number of hydrogen-bond acceptors (Lipinski definition) is 2. The van der Waals surface area contributed by atoms with Gasteiger partial charge in [-0.25, -0.2) is 0 Å². The second-order valence-electron chi connectivity index (χ2n) is 3.63. The summed E-state index contributed by atoms with van der Waals surface area (Å²) < 4.78 is 1.93. The summed E-state index contributed by atoms with van der Waals surface area (Å²) in [6.45, 7) is 3.07. The second kappa shape index (κ2) is 3.78. The largest absolute Gasteiger partial charge is 0.295 e. The van der Waals surface area contributed by atoms with Crippen LogP contribution in [0, 0.1) is 0 Å². The van der Waals surface area contributed by atoms with Crippen LogP contribution in [0.3, 0.4) is 0 Å². The molecule has 0 amide bonds. The number of ketones is 1. The smallest absolute Gasteiger partial charge is 0.156 e. The highest BCUT2D eigenvalue weighted by Crippen LogP contribution is 2.25. The molecule has 1 heterocycles. The molecule has 0 fully saturated rings. The number of aromatic nitrogens is 2. The molecule has 0 unspecified atom stereocenters. The minimum Gasteiger partial charge on any atom is -0.295 e. The maximum Gasteiger partial charge on any atom is 0.156 e. The quantitative estimate of drug-likeness (QED) is 0.731. The molecule has 0 atom stereocenters. The van der Waals surface area contributed by atoms with Gasteiger partial charge in [-0.3, -0.25) is 9.48 Å². The molecule has 0 N–H and O–H groups in total. The summed E-state index contributed by atoms with van der Waals surface area (Å²) in [4.78, 5) is 11.1. The van der Waals surface area contributed by atoms with Crippen molar-refractivity contribution in [1.82, 2.24) is 9.78 Å². The maximum absolute atomic E-state index is 11.1. The maximum atomic E-state index is 11.1. The summed E-state index contributed by atoms with van der Waals surface area (Å²) in [5, 5.41) is 4.24. The number of carbonyl (C=O) groups is 1. The molecule has 14 heavy (non-hydrogen) atoms. The van der Waals surface area contributed by atoms with Gasteiger partial charge in [0, 0.05) is 24.7 Å². The van der Waals surface area contributed by atoms with Crippen molar-refractivity contribution in [3.63, 3.8) is 0 Å². The molecule has 1 aliphatic carbocycles. The number of carbonyl (C=O) groups excluding carboxylic acids is 1. The third kappa shape index (κ3) is 1.76. The fourth-order valence-corrected chi connectivity index (χ4v) is 1.70. The van der Waals surface area contributed by atoms with Gasteiger partial charge in [0.15, 0.2) is 5.78 Å². The first-order valence-electron chi connectivity index (χ1n) is 5.06. The molecule has 0 radical (unpaired) electrons. The first-order chi connectivity index (χ1) is 6.79. The Balaban J connectivity index is 2.17. The van der Waals surface area contributed by atoms with Crippen molar-refractivity contribution in [2.75, 3.05) is 0 Å². The molecule has 0 saturated heterocycles. The van der Waals surface area contributed by atoms with Crippen LogP contribution in [-0.2, 0) is 11.3 Å². The fraction of sp³-hybridized carbons (Fsp3) is 0.455. The van der Waals surface area contributed by atoms with Crippen molar-refractivity contribution in [2.45, 2.75) is 32.7 Å². The van der Waals surface area contributed by atoms with E-state index in [1.807, 2.05) is 17.1 Å². The van der Waals surface area contributed by atoms with E-state index in [-0.39, 0.29) is 5.78 Å². The zero-order chi connectivity index (χ0) is 9.97. The van der Waals surface area contributed by atoms with Crippen molar-refractivity contribution < 1.29 is 4.79 Å². The molecule has 74 valence electrons. The van der Waals surface area contributed by atoms with Gasteiger partial charge in [0.2, 0.25) is 0 Å². The topological polar surface area (TPSA) is 34.9 Å². The lowest BCUT2D eigenvalue weighted by atomic mass is 10.1. The number of rotatable bonds is 3. The molecule has 3 heteroatoms. The van der Waals surface area contributed by atoms with Crippen LogP contribution >= 0.6 is 0 Å². The van der Waals surface area contributed by atoms with Crippen molar-refractivity contribution in [2.24, 2.45) is 0 Å². The Morgan fingerprint density at radius 2 is 2.36 bits per heavy atom. The van der Waals surface area contributed by atoms with E-state index >= 15 is 0 Å². The van der Waals surface area contributed by atoms with E-state index in [0.29, 0.717) is 6.42 Å². The van der Waals surface area contributed by atoms with Gasteiger partial charge in [0.25, 0.3) is 0 Å². The summed E-state index contributed by atoms with van der Waals surface area (Å²) in [5.74, 6) is 0.239. The Hall–Kier alpha value is -1.38. The minimum atomic E-state index is 0.239. The minimum absolute atomic E-state index is 0.239. The third-order valence-corrected chi connectivity index (χ3v) is 2.43. The standard InChI is InChI=1S/C11H14N2O/c1-2-5-13-8-10(7-12-13)9-3-4-11(14)6-9/h6-8H,2-5H2,1H3. The molecule has 1 aliphatic rings. The summed E-state index contributed by atoms with van der Waals surface area (Å²) in [7, 11) is 0. The molecule has 1 aromatic heterocycles. The molecule has 1 aromatic rings. The molecule has 2 rings (SSSR count). The molecule has 3 nitrogen and oxygen atoms in total. The van der Waals surface area contributed by atoms with Crippen molar-refractivity contribution in [3.8, 4) is 0 Å². The number of aryl methyl sites for hydroxylation is 1.